The van der Waals surface area contributed by atoms with Gasteiger partial charge in [0, 0.05) is 37.8 Å². The summed E-state index contributed by atoms with van der Waals surface area (Å²) in [5.74, 6) is 0.924. The van der Waals surface area contributed by atoms with E-state index in [1.165, 1.54) is 12.1 Å². The Morgan fingerprint density at radius 1 is 1.23 bits per heavy atom. The van der Waals surface area contributed by atoms with E-state index in [9.17, 15) is 4.39 Å². The number of hydrogen-bond donors (Lipinski definition) is 4. The van der Waals surface area contributed by atoms with Gasteiger partial charge in [0.05, 0.1) is 28.5 Å². The van der Waals surface area contributed by atoms with Crippen molar-refractivity contribution < 1.29 is 4.39 Å². The lowest BCUT2D eigenvalue weighted by molar-refractivity contribution is 0.499. The van der Waals surface area contributed by atoms with Crippen LogP contribution in [0.5, 0.6) is 0 Å². The first kappa shape index (κ1) is 18.6. The van der Waals surface area contributed by atoms with E-state index in [2.05, 4.69) is 30.5 Å². The first-order valence-electron chi connectivity index (χ1n) is 10.0. The fourth-order valence-corrected chi connectivity index (χ4v) is 4.00. The first-order chi connectivity index (χ1) is 14.6. The number of benzene rings is 1. The third kappa shape index (κ3) is 3.26. The average molecular weight is 406 g/mol. The van der Waals surface area contributed by atoms with E-state index >= 15 is 0 Å². The highest BCUT2D eigenvalue weighted by molar-refractivity contribution is 6.14. The zero-order valence-corrected chi connectivity index (χ0v) is 16.6. The molecule has 1 saturated heterocycles. The largest absolute Gasteiger partial charge is 0.386 e. The standard InChI is InChI=1S/C21H23FN8/c1-24-16-10-12(22)9-15-17-19(27-18(15)16)28-21(26-14-3-2-6-25-11-14)29-20(17)30-7-4-13(23)5-8-30/h2-3,6,9-11,13,24H,4-5,7-8,23H2,1H3,(H2,26,27,28,29). The molecule has 0 atom stereocenters. The Balaban J connectivity index is 1.71. The van der Waals surface area contributed by atoms with Crippen molar-refractivity contribution in [3.8, 4) is 0 Å². The zero-order valence-electron chi connectivity index (χ0n) is 16.6. The summed E-state index contributed by atoms with van der Waals surface area (Å²) in [4.78, 5) is 19.2. The monoisotopic (exact) mass is 406 g/mol. The van der Waals surface area contributed by atoms with Crippen molar-refractivity contribution in [1.82, 2.24) is 19.9 Å². The van der Waals surface area contributed by atoms with Crippen LogP contribution in [0.2, 0.25) is 0 Å². The molecule has 4 aromatic rings. The molecule has 0 saturated carbocycles. The summed E-state index contributed by atoms with van der Waals surface area (Å²) in [6.07, 6.45) is 5.20. The van der Waals surface area contributed by atoms with Gasteiger partial charge in [-0.15, -0.1) is 0 Å². The minimum atomic E-state index is -0.308. The number of fused-ring (bicyclic) bond motifs is 3. The molecule has 0 bridgehead atoms. The molecule has 1 aliphatic rings. The third-order valence-corrected chi connectivity index (χ3v) is 5.53. The van der Waals surface area contributed by atoms with Gasteiger partial charge in [-0.1, -0.05) is 0 Å². The van der Waals surface area contributed by atoms with Gasteiger partial charge >= 0.3 is 0 Å². The van der Waals surface area contributed by atoms with E-state index in [4.69, 9.17) is 10.7 Å². The number of hydrogen-bond acceptors (Lipinski definition) is 7. The minimum absolute atomic E-state index is 0.197. The number of rotatable bonds is 4. The number of aromatic amines is 1. The van der Waals surface area contributed by atoms with E-state index in [1.807, 2.05) is 12.1 Å². The Hall–Kier alpha value is -3.46. The Bertz CT molecular complexity index is 1200. The molecular formula is C21H23FN8. The van der Waals surface area contributed by atoms with Crippen LogP contribution in [0, 0.1) is 5.82 Å². The summed E-state index contributed by atoms with van der Waals surface area (Å²) in [6, 6.07) is 6.95. The van der Waals surface area contributed by atoms with Crippen LogP contribution in [0.1, 0.15) is 12.8 Å². The van der Waals surface area contributed by atoms with Crippen LogP contribution in [0.25, 0.3) is 21.9 Å². The molecular weight excluding hydrogens is 383 g/mol. The Kier molecular flexibility index (Phi) is 4.59. The number of nitrogens with one attached hydrogen (secondary N) is 3. The maximum atomic E-state index is 14.3. The van der Waals surface area contributed by atoms with Gasteiger partial charge in [0.15, 0.2) is 0 Å². The highest BCUT2D eigenvalue weighted by atomic mass is 19.1. The van der Waals surface area contributed by atoms with Gasteiger partial charge in [0.1, 0.15) is 17.3 Å². The average Bonchev–Trinajstić information content (AvgIpc) is 3.12. The van der Waals surface area contributed by atoms with Crippen LogP contribution >= 0.6 is 0 Å². The number of aromatic nitrogens is 4. The molecule has 8 nitrogen and oxygen atoms in total. The van der Waals surface area contributed by atoms with Gasteiger partial charge in [-0.3, -0.25) is 4.98 Å². The highest BCUT2D eigenvalue weighted by Crippen LogP contribution is 2.37. The van der Waals surface area contributed by atoms with Crippen LogP contribution in [0.4, 0.5) is 27.5 Å². The molecule has 0 spiro atoms. The predicted octanol–water partition coefficient (Wildman–Crippen LogP) is 3.36. The van der Waals surface area contributed by atoms with Crippen LogP contribution in [0.15, 0.2) is 36.7 Å². The van der Waals surface area contributed by atoms with Crippen LogP contribution in [-0.4, -0.2) is 46.1 Å². The number of H-pyrrole nitrogens is 1. The van der Waals surface area contributed by atoms with E-state index in [1.54, 1.807) is 19.4 Å². The van der Waals surface area contributed by atoms with Crippen molar-refractivity contribution in [3.05, 3.63) is 42.5 Å². The Morgan fingerprint density at radius 3 is 2.80 bits per heavy atom. The van der Waals surface area contributed by atoms with Gasteiger partial charge in [-0.05, 0) is 37.1 Å². The van der Waals surface area contributed by atoms with Crippen molar-refractivity contribution in [1.29, 1.82) is 0 Å². The molecule has 0 amide bonds. The minimum Gasteiger partial charge on any atom is -0.386 e. The maximum Gasteiger partial charge on any atom is 0.231 e. The molecule has 3 aromatic heterocycles. The van der Waals surface area contributed by atoms with Gasteiger partial charge in [-0.2, -0.15) is 9.97 Å². The van der Waals surface area contributed by atoms with Gasteiger partial charge in [-0.25, -0.2) is 4.39 Å². The second kappa shape index (κ2) is 7.42. The summed E-state index contributed by atoms with van der Waals surface area (Å²) in [7, 11) is 1.77. The topological polar surface area (TPSA) is 108 Å². The smallest absolute Gasteiger partial charge is 0.231 e. The van der Waals surface area contributed by atoms with E-state index in [-0.39, 0.29) is 11.9 Å². The second-order valence-electron chi connectivity index (χ2n) is 7.54. The molecule has 154 valence electrons. The fraction of sp³-hybridized carbons (Fsp3) is 0.286. The Labute approximate surface area is 172 Å². The van der Waals surface area contributed by atoms with Gasteiger partial charge < -0.3 is 26.3 Å². The summed E-state index contributed by atoms with van der Waals surface area (Å²) < 4.78 is 14.3. The molecule has 1 aliphatic heterocycles. The van der Waals surface area contributed by atoms with E-state index in [0.717, 1.165) is 53.7 Å². The molecule has 0 unspecified atom stereocenters. The quantitative estimate of drug-likeness (QED) is 0.412. The second-order valence-corrected chi connectivity index (χ2v) is 7.54. The molecule has 1 aromatic carbocycles. The molecule has 0 aliphatic carbocycles. The molecule has 5 N–H and O–H groups in total. The molecule has 4 heterocycles. The first-order valence-corrected chi connectivity index (χ1v) is 10.0. The fourth-order valence-electron chi connectivity index (χ4n) is 4.00. The van der Waals surface area contributed by atoms with E-state index in [0.29, 0.717) is 17.3 Å². The molecule has 5 rings (SSSR count). The van der Waals surface area contributed by atoms with Crippen molar-refractivity contribution in [3.63, 3.8) is 0 Å². The normalized spacial score (nSPS) is 15.1. The van der Waals surface area contributed by atoms with Crippen molar-refractivity contribution in [2.24, 2.45) is 5.73 Å². The lowest BCUT2D eigenvalue weighted by Crippen LogP contribution is -2.40. The Morgan fingerprint density at radius 2 is 2.07 bits per heavy atom. The number of halogens is 1. The van der Waals surface area contributed by atoms with Crippen LogP contribution in [-0.2, 0) is 0 Å². The number of nitrogens with zero attached hydrogens (tertiary/aromatic N) is 4. The van der Waals surface area contributed by atoms with Crippen LogP contribution < -0.4 is 21.3 Å². The predicted molar refractivity (Wildman–Crippen MR) is 118 cm³/mol. The van der Waals surface area contributed by atoms with Crippen molar-refractivity contribution >= 4 is 45.1 Å². The summed E-state index contributed by atoms with van der Waals surface area (Å²) in [5, 5.41) is 7.85. The number of nitrogens with two attached hydrogens (primary N) is 1. The van der Waals surface area contributed by atoms with Crippen molar-refractivity contribution in [2.75, 3.05) is 35.7 Å². The summed E-state index contributed by atoms with van der Waals surface area (Å²) >= 11 is 0. The molecule has 9 heteroatoms. The van der Waals surface area contributed by atoms with Crippen LogP contribution in [0.3, 0.4) is 0 Å². The molecule has 0 radical (unpaired) electrons. The number of anilines is 4. The number of pyridine rings is 1. The summed E-state index contributed by atoms with van der Waals surface area (Å²) in [6.45, 7) is 1.58. The highest BCUT2D eigenvalue weighted by Gasteiger charge is 2.24. The third-order valence-electron chi connectivity index (χ3n) is 5.53. The van der Waals surface area contributed by atoms with Crippen molar-refractivity contribution in [2.45, 2.75) is 18.9 Å². The SMILES string of the molecule is CNc1cc(F)cc2c1[nH]c1nc(Nc3cccnc3)nc(N3CCC(N)CC3)c12. The van der Waals surface area contributed by atoms with E-state index < -0.39 is 0 Å². The summed E-state index contributed by atoms with van der Waals surface area (Å²) in [5.41, 5.74) is 9.03. The zero-order chi connectivity index (χ0) is 20.7. The van der Waals surface area contributed by atoms with Gasteiger partial charge in [0.25, 0.3) is 0 Å². The lowest BCUT2D eigenvalue weighted by Gasteiger charge is -2.31. The molecule has 30 heavy (non-hydrogen) atoms. The lowest BCUT2D eigenvalue weighted by atomic mass is 10.1. The van der Waals surface area contributed by atoms with Gasteiger partial charge in [0.2, 0.25) is 5.95 Å². The molecule has 1 fully saturated rings. The number of piperidine rings is 1. The maximum absolute atomic E-state index is 14.3.